The van der Waals surface area contributed by atoms with Gasteiger partial charge in [-0.1, -0.05) is 36.4 Å². The Morgan fingerprint density at radius 3 is 2.48 bits per heavy atom. The summed E-state index contributed by atoms with van der Waals surface area (Å²) in [4.78, 5) is 15.5. The normalized spacial score (nSPS) is 10.7. The quantitative estimate of drug-likeness (QED) is 0.519. The maximum absolute atomic E-state index is 10.9. The number of hydrogen-bond acceptors (Lipinski definition) is 4. The number of anilines is 2. The number of carboxylic acid groups (broad SMARTS) is 1. The van der Waals surface area contributed by atoms with E-state index in [9.17, 15) is 4.79 Å². The monoisotopic (exact) mass is 346 g/mol. The van der Waals surface area contributed by atoms with E-state index in [0.29, 0.717) is 0 Å². The number of aromatic nitrogens is 1. The molecule has 3 aromatic carbocycles. The third-order valence-corrected chi connectivity index (χ3v) is 4.69. The molecule has 0 aliphatic rings. The number of rotatable bonds is 4. The molecule has 0 spiro atoms. The van der Waals surface area contributed by atoms with Crippen LogP contribution in [0.5, 0.6) is 0 Å². The van der Waals surface area contributed by atoms with Crippen LogP contribution in [0.1, 0.15) is 10.4 Å². The number of nitrogens with zero attached hydrogens (tertiary/aromatic N) is 1. The lowest BCUT2D eigenvalue weighted by Crippen LogP contribution is -1.96. The molecule has 0 saturated heterocycles. The number of aromatic carboxylic acids is 1. The zero-order valence-corrected chi connectivity index (χ0v) is 14.0. The Morgan fingerprint density at radius 2 is 1.72 bits per heavy atom. The van der Waals surface area contributed by atoms with E-state index in [1.807, 2.05) is 17.5 Å². The number of hydrogen-bond donors (Lipinski definition) is 2. The van der Waals surface area contributed by atoms with Crippen LogP contribution in [0.15, 0.2) is 72.1 Å². The van der Waals surface area contributed by atoms with Gasteiger partial charge in [-0.3, -0.25) is 0 Å². The Labute approximate surface area is 148 Å². The van der Waals surface area contributed by atoms with Crippen molar-refractivity contribution in [2.75, 3.05) is 5.32 Å². The molecule has 0 amide bonds. The lowest BCUT2D eigenvalue weighted by atomic mass is 10.1. The lowest BCUT2D eigenvalue weighted by molar-refractivity contribution is 0.0697. The van der Waals surface area contributed by atoms with Crippen molar-refractivity contribution >= 4 is 38.9 Å². The van der Waals surface area contributed by atoms with Gasteiger partial charge in [0.1, 0.15) is 0 Å². The van der Waals surface area contributed by atoms with Gasteiger partial charge in [0, 0.05) is 16.6 Å². The first-order valence-corrected chi connectivity index (χ1v) is 8.62. The topological polar surface area (TPSA) is 62.2 Å². The molecule has 0 atom stereocenters. The van der Waals surface area contributed by atoms with Gasteiger partial charge in [0.25, 0.3) is 0 Å². The minimum atomic E-state index is -0.931. The highest BCUT2D eigenvalue weighted by Crippen LogP contribution is 2.29. The van der Waals surface area contributed by atoms with Gasteiger partial charge >= 0.3 is 5.97 Å². The molecule has 4 aromatic rings. The third-order valence-electron chi connectivity index (χ3n) is 3.93. The van der Waals surface area contributed by atoms with Crippen molar-refractivity contribution in [3.8, 4) is 11.3 Å². The summed E-state index contributed by atoms with van der Waals surface area (Å²) in [5.41, 5.74) is 3.07. The number of carboxylic acids is 1. The van der Waals surface area contributed by atoms with Gasteiger partial charge in [0.2, 0.25) is 0 Å². The highest BCUT2D eigenvalue weighted by Gasteiger charge is 2.07. The van der Waals surface area contributed by atoms with Crippen LogP contribution >= 0.6 is 11.3 Å². The van der Waals surface area contributed by atoms with Gasteiger partial charge < -0.3 is 10.4 Å². The molecule has 0 aliphatic carbocycles. The number of thiazole rings is 1. The molecule has 0 fully saturated rings. The maximum Gasteiger partial charge on any atom is 0.335 e. The molecule has 0 unspecified atom stereocenters. The molecule has 0 aliphatic heterocycles. The zero-order chi connectivity index (χ0) is 17.2. The number of nitrogens with one attached hydrogen (secondary N) is 1. The molecule has 5 heteroatoms. The average Bonchev–Trinajstić information content (AvgIpc) is 3.10. The molecular weight excluding hydrogens is 332 g/mol. The Balaban J connectivity index is 1.57. The van der Waals surface area contributed by atoms with E-state index in [1.54, 1.807) is 24.3 Å². The van der Waals surface area contributed by atoms with Crippen molar-refractivity contribution in [3.05, 3.63) is 77.7 Å². The summed E-state index contributed by atoms with van der Waals surface area (Å²) in [6.45, 7) is 0. The van der Waals surface area contributed by atoms with Crippen LogP contribution in [0, 0.1) is 0 Å². The summed E-state index contributed by atoms with van der Waals surface area (Å²) in [7, 11) is 0. The Kier molecular flexibility index (Phi) is 3.91. The highest BCUT2D eigenvalue weighted by atomic mass is 32.1. The largest absolute Gasteiger partial charge is 0.478 e. The van der Waals surface area contributed by atoms with E-state index in [1.165, 1.54) is 22.1 Å². The second-order valence-electron chi connectivity index (χ2n) is 5.61. The third kappa shape index (κ3) is 3.22. The fourth-order valence-corrected chi connectivity index (χ4v) is 3.37. The highest BCUT2D eigenvalue weighted by molar-refractivity contribution is 7.14. The predicted molar refractivity (Wildman–Crippen MR) is 102 cm³/mol. The van der Waals surface area contributed by atoms with Crippen LogP contribution in [-0.4, -0.2) is 16.1 Å². The van der Waals surface area contributed by atoms with Gasteiger partial charge in [-0.2, -0.15) is 0 Å². The maximum atomic E-state index is 10.9. The minimum absolute atomic E-state index is 0.265. The molecule has 4 rings (SSSR count). The first-order valence-electron chi connectivity index (χ1n) is 7.74. The second kappa shape index (κ2) is 6.37. The van der Waals surface area contributed by atoms with Crippen molar-refractivity contribution in [3.63, 3.8) is 0 Å². The van der Waals surface area contributed by atoms with E-state index in [4.69, 9.17) is 5.11 Å². The van der Waals surface area contributed by atoms with E-state index < -0.39 is 5.97 Å². The molecule has 1 heterocycles. The first-order chi connectivity index (χ1) is 12.2. The fraction of sp³-hybridized carbons (Fsp3) is 0. The summed E-state index contributed by atoms with van der Waals surface area (Å²) >= 11 is 1.52. The van der Waals surface area contributed by atoms with Crippen LogP contribution in [0.3, 0.4) is 0 Å². The zero-order valence-electron chi connectivity index (χ0n) is 13.1. The summed E-state index contributed by atoms with van der Waals surface area (Å²) < 4.78 is 0. The predicted octanol–water partition coefficient (Wildman–Crippen LogP) is 5.41. The van der Waals surface area contributed by atoms with Gasteiger partial charge in [0.05, 0.1) is 11.3 Å². The summed E-state index contributed by atoms with van der Waals surface area (Å²) in [5.74, 6) is -0.931. The van der Waals surface area contributed by atoms with Gasteiger partial charge in [0.15, 0.2) is 5.13 Å². The summed E-state index contributed by atoms with van der Waals surface area (Å²) in [5, 5.41) is 17.3. The molecule has 122 valence electrons. The van der Waals surface area contributed by atoms with Gasteiger partial charge in [-0.25, -0.2) is 9.78 Å². The van der Waals surface area contributed by atoms with E-state index >= 15 is 0 Å². The molecular formula is C20H14N2O2S. The smallest absolute Gasteiger partial charge is 0.335 e. The Bertz CT molecular complexity index is 1050. The number of carbonyl (C=O) groups is 1. The first kappa shape index (κ1) is 15.4. The van der Waals surface area contributed by atoms with Crippen LogP contribution in [0.25, 0.3) is 22.0 Å². The van der Waals surface area contributed by atoms with Crippen LogP contribution in [0.2, 0.25) is 0 Å². The van der Waals surface area contributed by atoms with Crippen LogP contribution in [0.4, 0.5) is 10.8 Å². The second-order valence-corrected chi connectivity index (χ2v) is 6.47. The summed E-state index contributed by atoms with van der Waals surface area (Å²) in [6, 6.07) is 21.2. The molecule has 1 aromatic heterocycles. The van der Waals surface area contributed by atoms with Crippen LogP contribution < -0.4 is 5.32 Å². The Morgan fingerprint density at radius 1 is 0.960 bits per heavy atom. The molecule has 0 radical (unpaired) electrons. The van der Waals surface area contributed by atoms with Crippen molar-refractivity contribution in [2.24, 2.45) is 0 Å². The standard InChI is InChI=1S/C20H14N2O2S/c23-19(24)14-7-9-17(10-8-14)21-20-22-18(12-25-20)16-6-5-13-3-1-2-4-15(13)11-16/h1-12H,(H,21,22)(H,23,24). The molecule has 0 bridgehead atoms. The Hall–Kier alpha value is -3.18. The summed E-state index contributed by atoms with van der Waals surface area (Å²) in [6.07, 6.45) is 0. The molecule has 25 heavy (non-hydrogen) atoms. The van der Waals surface area contributed by atoms with Crippen LogP contribution in [-0.2, 0) is 0 Å². The van der Waals surface area contributed by atoms with Gasteiger partial charge in [-0.05, 0) is 41.1 Å². The van der Waals surface area contributed by atoms with E-state index in [2.05, 4.69) is 40.6 Å². The van der Waals surface area contributed by atoms with E-state index in [0.717, 1.165) is 22.1 Å². The molecule has 4 nitrogen and oxygen atoms in total. The fourth-order valence-electron chi connectivity index (χ4n) is 2.63. The minimum Gasteiger partial charge on any atom is -0.478 e. The van der Waals surface area contributed by atoms with Crippen molar-refractivity contribution in [1.29, 1.82) is 0 Å². The SMILES string of the molecule is O=C(O)c1ccc(Nc2nc(-c3ccc4ccccc4c3)cs2)cc1. The van der Waals surface area contributed by atoms with Crippen molar-refractivity contribution in [2.45, 2.75) is 0 Å². The molecule has 2 N–H and O–H groups in total. The van der Waals surface area contributed by atoms with Crippen molar-refractivity contribution in [1.82, 2.24) is 4.98 Å². The van der Waals surface area contributed by atoms with Gasteiger partial charge in [-0.15, -0.1) is 11.3 Å². The number of benzene rings is 3. The average molecular weight is 346 g/mol. The lowest BCUT2D eigenvalue weighted by Gasteiger charge is -2.03. The molecule has 0 saturated carbocycles. The van der Waals surface area contributed by atoms with E-state index in [-0.39, 0.29) is 5.56 Å². The van der Waals surface area contributed by atoms with Crippen molar-refractivity contribution < 1.29 is 9.90 Å². The number of fused-ring (bicyclic) bond motifs is 1.